The molecule has 0 saturated carbocycles. The first-order valence-corrected chi connectivity index (χ1v) is 5.44. The SMILES string of the molecule is CCOc1ccccc1C(C)NCCN. The predicted octanol–water partition coefficient (Wildman–Crippen LogP) is 1.69. The van der Waals surface area contributed by atoms with Gasteiger partial charge in [-0.05, 0) is 19.9 Å². The molecule has 1 aromatic carbocycles. The van der Waals surface area contributed by atoms with Crippen LogP contribution in [0.3, 0.4) is 0 Å². The van der Waals surface area contributed by atoms with Crippen LogP contribution in [0.15, 0.2) is 24.3 Å². The van der Waals surface area contributed by atoms with Crippen LogP contribution >= 0.6 is 0 Å². The van der Waals surface area contributed by atoms with Crippen molar-refractivity contribution in [2.24, 2.45) is 5.73 Å². The summed E-state index contributed by atoms with van der Waals surface area (Å²) in [5, 5.41) is 3.34. The van der Waals surface area contributed by atoms with Crippen molar-refractivity contribution in [3.05, 3.63) is 29.8 Å². The Morgan fingerprint density at radius 3 is 2.80 bits per heavy atom. The van der Waals surface area contributed by atoms with E-state index < -0.39 is 0 Å². The lowest BCUT2D eigenvalue weighted by Gasteiger charge is -2.17. The lowest BCUT2D eigenvalue weighted by atomic mass is 10.1. The molecule has 1 unspecified atom stereocenters. The minimum Gasteiger partial charge on any atom is -0.494 e. The highest BCUT2D eigenvalue weighted by atomic mass is 16.5. The Morgan fingerprint density at radius 1 is 1.40 bits per heavy atom. The predicted molar refractivity (Wildman–Crippen MR) is 63.1 cm³/mol. The average Bonchev–Trinajstić information content (AvgIpc) is 2.27. The van der Waals surface area contributed by atoms with Gasteiger partial charge in [-0.2, -0.15) is 0 Å². The van der Waals surface area contributed by atoms with Gasteiger partial charge in [0.15, 0.2) is 0 Å². The second-order valence-electron chi connectivity index (χ2n) is 3.44. The smallest absolute Gasteiger partial charge is 0.124 e. The van der Waals surface area contributed by atoms with Gasteiger partial charge in [0, 0.05) is 24.7 Å². The van der Waals surface area contributed by atoms with Crippen molar-refractivity contribution in [3.8, 4) is 5.75 Å². The molecule has 1 aromatic rings. The monoisotopic (exact) mass is 208 g/mol. The standard InChI is InChI=1S/C12H20N2O/c1-3-15-12-7-5-4-6-11(12)10(2)14-9-8-13/h4-7,10,14H,3,8-9,13H2,1-2H3. The van der Waals surface area contributed by atoms with Crippen molar-refractivity contribution >= 4 is 0 Å². The van der Waals surface area contributed by atoms with Crippen LogP contribution in [0.4, 0.5) is 0 Å². The molecule has 0 aliphatic rings. The highest BCUT2D eigenvalue weighted by molar-refractivity contribution is 5.35. The molecule has 0 aliphatic heterocycles. The molecule has 0 fully saturated rings. The molecule has 0 saturated heterocycles. The number of rotatable bonds is 6. The van der Waals surface area contributed by atoms with E-state index in [9.17, 15) is 0 Å². The average molecular weight is 208 g/mol. The Balaban J connectivity index is 2.72. The zero-order valence-electron chi connectivity index (χ0n) is 9.49. The Morgan fingerprint density at radius 2 is 2.13 bits per heavy atom. The number of hydrogen-bond acceptors (Lipinski definition) is 3. The highest BCUT2D eigenvalue weighted by Gasteiger charge is 2.09. The van der Waals surface area contributed by atoms with Crippen LogP contribution in [0.5, 0.6) is 5.75 Å². The summed E-state index contributed by atoms with van der Waals surface area (Å²) in [5.41, 5.74) is 6.65. The molecule has 1 rings (SSSR count). The van der Waals surface area contributed by atoms with Crippen LogP contribution in [0.25, 0.3) is 0 Å². The van der Waals surface area contributed by atoms with Crippen LogP contribution < -0.4 is 15.8 Å². The van der Waals surface area contributed by atoms with Crippen LogP contribution in [0.2, 0.25) is 0 Å². The van der Waals surface area contributed by atoms with E-state index in [1.165, 1.54) is 5.56 Å². The fourth-order valence-electron chi connectivity index (χ4n) is 1.54. The third-order valence-electron chi connectivity index (χ3n) is 2.28. The summed E-state index contributed by atoms with van der Waals surface area (Å²) in [7, 11) is 0. The summed E-state index contributed by atoms with van der Waals surface area (Å²) in [4.78, 5) is 0. The number of benzene rings is 1. The van der Waals surface area contributed by atoms with Gasteiger partial charge >= 0.3 is 0 Å². The lowest BCUT2D eigenvalue weighted by Crippen LogP contribution is -2.25. The van der Waals surface area contributed by atoms with Gasteiger partial charge < -0.3 is 15.8 Å². The van der Waals surface area contributed by atoms with Crippen molar-refractivity contribution in [3.63, 3.8) is 0 Å². The molecular formula is C12H20N2O. The summed E-state index contributed by atoms with van der Waals surface area (Å²) in [6.07, 6.45) is 0. The Labute approximate surface area is 91.6 Å². The zero-order chi connectivity index (χ0) is 11.1. The topological polar surface area (TPSA) is 47.3 Å². The van der Waals surface area contributed by atoms with Crippen LogP contribution in [-0.4, -0.2) is 19.7 Å². The zero-order valence-corrected chi connectivity index (χ0v) is 9.49. The molecule has 3 nitrogen and oxygen atoms in total. The summed E-state index contributed by atoms with van der Waals surface area (Å²) in [6.45, 7) is 6.28. The third kappa shape index (κ3) is 3.53. The van der Waals surface area contributed by atoms with E-state index in [1.54, 1.807) is 0 Å². The van der Waals surface area contributed by atoms with Gasteiger partial charge in [-0.1, -0.05) is 18.2 Å². The van der Waals surface area contributed by atoms with E-state index >= 15 is 0 Å². The summed E-state index contributed by atoms with van der Waals surface area (Å²) in [6, 6.07) is 8.37. The van der Waals surface area contributed by atoms with E-state index in [4.69, 9.17) is 10.5 Å². The third-order valence-corrected chi connectivity index (χ3v) is 2.28. The molecule has 0 bridgehead atoms. The molecule has 15 heavy (non-hydrogen) atoms. The number of ether oxygens (including phenoxy) is 1. The number of nitrogens with one attached hydrogen (secondary N) is 1. The lowest BCUT2D eigenvalue weighted by molar-refractivity contribution is 0.332. The molecule has 3 heteroatoms. The molecule has 0 spiro atoms. The van der Waals surface area contributed by atoms with Crippen LogP contribution in [0, 0.1) is 0 Å². The summed E-state index contributed by atoms with van der Waals surface area (Å²) in [5.74, 6) is 0.956. The van der Waals surface area contributed by atoms with Gasteiger partial charge in [0.05, 0.1) is 6.61 Å². The first-order chi connectivity index (χ1) is 7.29. The van der Waals surface area contributed by atoms with Gasteiger partial charge in [-0.3, -0.25) is 0 Å². The highest BCUT2D eigenvalue weighted by Crippen LogP contribution is 2.24. The maximum Gasteiger partial charge on any atom is 0.124 e. The molecule has 3 N–H and O–H groups in total. The van der Waals surface area contributed by atoms with E-state index in [2.05, 4.69) is 18.3 Å². The number of nitrogens with two attached hydrogens (primary N) is 1. The summed E-state index contributed by atoms with van der Waals surface area (Å²) < 4.78 is 5.57. The maximum absolute atomic E-state index is 5.57. The van der Waals surface area contributed by atoms with Crippen molar-refractivity contribution in [2.45, 2.75) is 19.9 Å². The number of hydrogen-bond donors (Lipinski definition) is 2. The molecule has 0 radical (unpaired) electrons. The van der Waals surface area contributed by atoms with Crippen molar-refractivity contribution in [1.82, 2.24) is 5.32 Å². The molecule has 0 amide bonds. The Hall–Kier alpha value is -1.06. The molecule has 84 valence electrons. The van der Waals surface area contributed by atoms with Crippen molar-refractivity contribution in [1.29, 1.82) is 0 Å². The van der Waals surface area contributed by atoms with Gasteiger partial charge in [-0.15, -0.1) is 0 Å². The molecule has 0 heterocycles. The molecule has 1 atom stereocenters. The quantitative estimate of drug-likeness (QED) is 0.748. The van der Waals surface area contributed by atoms with Gasteiger partial charge in [-0.25, -0.2) is 0 Å². The Bertz CT molecular complexity index is 289. The van der Waals surface area contributed by atoms with E-state index in [1.807, 2.05) is 25.1 Å². The second-order valence-corrected chi connectivity index (χ2v) is 3.44. The molecule has 0 aliphatic carbocycles. The number of para-hydroxylation sites is 1. The fourth-order valence-corrected chi connectivity index (χ4v) is 1.54. The molecule has 0 aromatic heterocycles. The van der Waals surface area contributed by atoms with Gasteiger partial charge in [0.1, 0.15) is 5.75 Å². The molecular weight excluding hydrogens is 188 g/mol. The summed E-state index contributed by atoms with van der Waals surface area (Å²) >= 11 is 0. The largest absolute Gasteiger partial charge is 0.494 e. The first kappa shape index (κ1) is 12.0. The van der Waals surface area contributed by atoms with Gasteiger partial charge in [0.25, 0.3) is 0 Å². The first-order valence-electron chi connectivity index (χ1n) is 5.44. The van der Waals surface area contributed by atoms with Crippen LogP contribution in [0.1, 0.15) is 25.5 Å². The van der Waals surface area contributed by atoms with E-state index in [0.717, 1.165) is 12.3 Å². The fraction of sp³-hybridized carbons (Fsp3) is 0.500. The van der Waals surface area contributed by atoms with E-state index in [-0.39, 0.29) is 6.04 Å². The minimum absolute atomic E-state index is 0.274. The maximum atomic E-state index is 5.57. The normalized spacial score (nSPS) is 12.5. The van der Waals surface area contributed by atoms with Gasteiger partial charge in [0.2, 0.25) is 0 Å². The van der Waals surface area contributed by atoms with Crippen LogP contribution in [-0.2, 0) is 0 Å². The second kappa shape index (κ2) is 6.43. The van der Waals surface area contributed by atoms with Crippen molar-refractivity contribution < 1.29 is 4.74 Å². The Kier molecular flexibility index (Phi) is 5.15. The minimum atomic E-state index is 0.274. The van der Waals surface area contributed by atoms with Crippen molar-refractivity contribution in [2.75, 3.05) is 19.7 Å². The van der Waals surface area contributed by atoms with E-state index in [0.29, 0.717) is 13.2 Å².